The van der Waals surface area contributed by atoms with Crippen molar-refractivity contribution >= 4 is 33.4 Å². The summed E-state index contributed by atoms with van der Waals surface area (Å²) >= 11 is 3.29. The predicted octanol–water partition coefficient (Wildman–Crippen LogP) is 2.61. The summed E-state index contributed by atoms with van der Waals surface area (Å²) in [5, 5.41) is 9.16. The Morgan fingerprint density at radius 1 is 1.21 bits per heavy atom. The molecule has 1 aliphatic heterocycles. The van der Waals surface area contributed by atoms with Gasteiger partial charge in [0, 0.05) is 4.47 Å². The molecule has 1 saturated carbocycles. The van der Waals surface area contributed by atoms with E-state index in [1.165, 1.54) is 4.90 Å². The number of hydrogen-bond acceptors (Lipinski definition) is 3. The van der Waals surface area contributed by atoms with Gasteiger partial charge in [-0.2, -0.15) is 5.26 Å². The van der Waals surface area contributed by atoms with Gasteiger partial charge >= 0.3 is 0 Å². The molecule has 2 atom stereocenters. The maximum atomic E-state index is 12.3. The standard InChI is InChI=1S/C14H11BrN2O2/c15-9-4-5-12(8(6-9)7-16)17-13(18)10-2-1-3-11(10)14(17)19/h4-6,10-11H,1-3H2. The number of anilines is 1. The Hall–Kier alpha value is -1.67. The van der Waals surface area contributed by atoms with Crippen LogP contribution in [0.4, 0.5) is 5.69 Å². The molecule has 1 heterocycles. The van der Waals surface area contributed by atoms with Crippen molar-refractivity contribution in [2.24, 2.45) is 11.8 Å². The molecule has 2 unspecified atom stereocenters. The van der Waals surface area contributed by atoms with Gasteiger partial charge in [0.15, 0.2) is 0 Å². The molecule has 1 aliphatic carbocycles. The summed E-state index contributed by atoms with van der Waals surface area (Å²) in [6, 6.07) is 7.07. The van der Waals surface area contributed by atoms with Gasteiger partial charge in [-0.3, -0.25) is 9.59 Å². The van der Waals surface area contributed by atoms with Crippen LogP contribution in [0.2, 0.25) is 0 Å². The Labute approximate surface area is 119 Å². The molecule has 1 aromatic rings. The number of imide groups is 1. The fourth-order valence-electron chi connectivity index (χ4n) is 3.02. The van der Waals surface area contributed by atoms with E-state index in [1.54, 1.807) is 18.2 Å². The van der Waals surface area contributed by atoms with Crippen LogP contribution in [0.25, 0.3) is 0 Å². The third-order valence-electron chi connectivity index (χ3n) is 3.91. The number of carbonyl (C=O) groups excluding carboxylic acids is 2. The number of halogens is 1. The van der Waals surface area contributed by atoms with Crippen LogP contribution in [-0.2, 0) is 9.59 Å². The minimum absolute atomic E-state index is 0.147. The smallest absolute Gasteiger partial charge is 0.237 e. The van der Waals surface area contributed by atoms with Crippen LogP contribution in [0.5, 0.6) is 0 Å². The van der Waals surface area contributed by atoms with Gasteiger partial charge < -0.3 is 0 Å². The Balaban J connectivity index is 2.06. The van der Waals surface area contributed by atoms with Gasteiger partial charge in [-0.05, 0) is 31.0 Å². The van der Waals surface area contributed by atoms with Crippen molar-refractivity contribution in [1.29, 1.82) is 5.26 Å². The molecule has 2 aliphatic rings. The fourth-order valence-corrected chi connectivity index (χ4v) is 3.38. The highest BCUT2D eigenvalue weighted by molar-refractivity contribution is 9.10. The number of fused-ring (bicyclic) bond motifs is 1. The second-order valence-corrected chi connectivity index (χ2v) is 5.84. The number of hydrogen-bond donors (Lipinski definition) is 0. The van der Waals surface area contributed by atoms with Crippen LogP contribution in [0.3, 0.4) is 0 Å². The molecule has 5 heteroatoms. The molecule has 3 rings (SSSR count). The zero-order valence-corrected chi connectivity index (χ0v) is 11.7. The molecule has 0 radical (unpaired) electrons. The third kappa shape index (κ3) is 1.79. The highest BCUT2D eigenvalue weighted by atomic mass is 79.9. The van der Waals surface area contributed by atoms with Crippen molar-refractivity contribution in [2.45, 2.75) is 19.3 Å². The van der Waals surface area contributed by atoms with Crippen LogP contribution >= 0.6 is 15.9 Å². The average Bonchev–Trinajstić information content (AvgIpc) is 2.96. The van der Waals surface area contributed by atoms with E-state index < -0.39 is 0 Å². The topological polar surface area (TPSA) is 61.2 Å². The maximum absolute atomic E-state index is 12.3. The Morgan fingerprint density at radius 3 is 2.42 bits per heavy atom. The van der Waals surface area contributed by atoms with Crippen molar-refractivity contribution in [3.8, 4) is 6.07 Å². The minimum Gasteiger partial charge on any atom is -0.274 e. The lowest BCUT2D eigenvalue weighted by Crippen LogP contribution is -2.32. The van der Waals surface area contributed by atoms with E-state index in [0.29, 0.717) is 11.3 Å². The van der Waals surface area contributed by atoms with E-state index in [9.17, 15) is 9.59 Å². The quantitative estimate of drug-likeness (QED) is 0.748. The summed E-state index contributed by atoms with van der Waals surface area (Å²) in [5.41, 5.74) is 0.756. The van der Waals surface area contributed by atoms with Crippen molar-refractivity contribution in [3.05, 3.63) is 28.2 Å². The van der Waals surface area contributed by atoms with E-state index >= 15 is 0 Å². The normalized spacial score (nSPS) is 25.6. The molecule has 1 saturated heterocycles. The second kappa shape index (κ2) is 4.46. The summed E-state index contributed by atoms with van der Waals surface area (Å²) in [7, 11) is 0. The van der Waals surface area contributed by atoms with E-state index in [-0.39, 0.29) is 23.7 Å². The van der Waals surface area contributed by atoms with E-state index in [0.717, 1.165) is 23.7 Å². The summed E-state index contributed by atoms with van der Waals surface area (Å²) in [5.74, 6) is -0.650. The number of nitriles is 1. The average molecular weight is 319 g/mol. The highest BCUT2D eigenvalue weighted by Crippen LogP contribution is 2.42. The molecule has 0 spiro atoms. The van der Waals surface area contributed by atoms with Gasteiger partial charge in [-0.15, -0.1) is 0 Å². The lowest BCUT2D eigenvalue weighted by atomic mass is 10.00. The van der Waals surface area contributed by atoms with Crippen molar-refractivity contribution < 1.29 is 9.59 Å². The molecule has 4 nitrogen and oxygen atoms in total. The minimum atomic E-state index is -0.178. The molecule has 0 aromatic heterocycles. The lowest BCUT2D eigenvalue weighted by molar-refractivity contribution is -0.122. The number of nitrogens with zero attached hydrogens (tertiary/aromatic N) is 2. The Kier molecular flexibility index (Phi) is 2.90. The van der Waals surface area contributed by atoms with Gasteiger partial charge in [0.05, 0.1) is 23.1 Å². The number of carbonyl (C=O) groups is 2. The molecular weight excluding hydrogens is 308 g/mol. The first kappa shape index (κ1) is 12.4. The highest BCUT2D eigenvalue weighted by Gasteiger charge is 2.50. The van der Waals surface area contributed by atoms with Gasteiger partial charge in [-0.1, -0.05) is 22.4 Å². The summed E-state index contributed by atoms with van der Waals surface area (Å²) in [6.45, 7) is 0. The van der Waals surface area contributed by atoms with Gasteiger partial charge in [0.2, 0.25) is 11.8 Å². The van der Waals surface area contributed by atoms with Crippen LogP contribution < -0.4 is 4.90 Å². The molecule has 1 aromatic carbocycles. The fraction of sp³-hybridized carbons (Fsp3) is 0.357. The van der Waals surface area contributed by atoms with Gasteiger partial charge in [0.25, 0.3) is 0 Å². The van der Waals surface area contributed by atoms with Crippen LogP contribution in [0.1, 0.15) is 24.8 Å². The van der Waals surface area contributed by atoms with Crippen molar-refractivity contribution in [2.75, 3.05) is 4.90 Å². The number of rotatable bonds is 1. The molecule has 0 bridgehead atoms. The number of benzene rings is 1. The van der Waals surface area contributed by atoms with E-state index in [2.05, 4.69) is 15.9 Å². The van der Waals surface area contributed by atoms with E-state index in [1.807, 2.05) is 6.07 Å². The number of amides is 2. The van der Waals surface area contributed by atoms with E-state index in [4.69, 9.17) is 5.26 Å². The largest absolute Gasteiger partial charge is 0.274 e. The third-order valence-corrected chi connectivity index (χ3v) is 4.40. The van der Waals surface area contributed by atoms with Crippen LogP contribution in [0.15, 0.2) is 22.7 Å². The summed E-state index contributed by atoms with van der Waals surface area (Å²) in [4.78, 5) is 25.9. The van der Waals surface area contributed by atoms with Crippen LogP contribution in [-0.4, -0.2) is 11.8 Å². The first-order chi connectivity index (χ1) is 9.13. The molecule has 2 amide bonds. The molecule has 2 fully saturated rings. The summed E-state index contributed by atoms with van der Waals surface area (Å²) in [6.07, 6.45) is 2.50. The zero-order valence-electron chi connectivity index (χ0n) is 10.1. The van der Waals surface area contributed by atoms with Crippen LogP contribution in [0, 0.1) is 23.2 Å². The molecular formula is C14H11BrN2O2. The lowest BCUT2D eigenvalue weighted by Gasteiger charge is -2.17. The molecule has 19 heavy (non-hydrogen) atoms. The van der Waals surface area contributed by atoms with Gasteiger partial charge in [0.1, 0.15) is 6.07 Å². The van der Waals surface area contributed by atoms with Gasteiger partial charge in [-0.25, -0.2) is 4.90 Å². The monoisotopic (exact) mass is 318 g/mol. The molecule has 96 valence electrons. The molecule has 0 N–H and O–H groups in total. The zero-order chi connectivity index (χ0) is 13.6. The summed E-state index contributed by atoms with van der Waals surface area (Å²) < 4.78 is 0.757. The van der Waals surface area contributed by atoms with Crippen molar-refractivity contribution in [1.82, 2.24) is 0 Å². The second-order valence-electron chi connectivity index (χ2n) is 4.93. The first-order valence-corrected chi connectivity index (χ1v) is 7.00. The first-order valence-electron chi connectivity index (χ1n) is 6.21. The Bertz CT molecular complexity index is 598. The SMILES string of the molecule is N#Cc1cc(Br)ccc1N1C(=O)C2CCCC2C1=O. The predicted molar refractivity (Wildman–Crippen MR) is 72.2 cm³/mol. The Morgan fingerprint density at radius 2 is 1.84 bits per heavy atom. The van der Waals surface area contributed by atoms with Crippen molar-refractivity contribution in [3.63, 3.8) is 0 Å². The maximum Gasteiger partial charge on any atom is 0.237 e.